The molecule has 92 valence electrons. The van der Waals surface area contributed by atoms with Crippen LogP contribution < -0.4 is 0 Å². The van der Waals surface area contributed by atoms with Gasteiger partial charge in [0.05, 0.1) is 12.5 Å². The summed E-state index contributed by atoms with van der Waals surface area (Å²) in [7, 11) is 0. The standard InChI is InChI=1S/C12H15NO4/c14-11(4-3-9-5-7-17-8-9)13-6-1-2-10(13)12(15)16/h5,7-8,10H,1-4,6H2,(H,15,16)/t10-/m1/s1. The summed E-state index contributed by atoms with van der Waals surface area (Å²) < 4.78 is 4.91. The van der Waals surface area contributed by atoms with Crippen LogP contribution in [0.2, 0.25) is 0 Å². The van der Waals surface area contributed by atoms with Gasteiger partial charge in [-0.2, -0.15) is 0 Å². The first-order chi connectivity index (χ1) is 8.18. The topological polar surface area (TPSA) is 70.8 Å². The number of carboxylic acid groups (broad SMARTS) is 1. The SMILES string of the molecule is O=C(O)[C@H]1CCCN1C(=O)CCc1ccoc1. The van der Waals surface area contributed by atoms with Gasteiger partial charge in [0.1, 0.15) is 6.04 Å². The molecule has 5 nitrogen and oxygen atoms in total. The Balaban J connectivity index is 1.89. The Hall–Kier alpha value is -1.78. The fourth-order valence-electron chi connectivity index (χ4n) is 2.15. The number of hydrogen-bond acceptors (Lipinski definition) is 3. The van der Waals surface area contributed by atoms with Crippen molar-refractivity contribution in [3.63, 3.8) is 0 Å². The lowest BCUT2D eigenvalue weighted by atomic mass is 10.1. The van der Waals surface area contributed by atoms with Crippen molar-refractivity contribution in [3.8, 4) is 0 Å². The van der Waals surface area contributed by atoms with Crippen LogP contribution >= 0.6 is 0 Å². The van der Waals surface area contributed by atoms with E-state index in [9.17, 15) is 9.59 Å². The Morgan fingerprint density at radius 2 is 2.35 bits per heavy atom. The van der Waals surface area contributed by atoms with Gasteiger partial charge in [-0.15, -0.1) is 0 Å². The van der Waals surface area contributed by atoms with E-state index in [1.165, 1.54) is 4.90 Å². The number of rotatable bonds is 4. The van der Waals surface area contributed by atoms with Gasteiger partial charge < -0.3 is 14.4 Å². The molecule has 5 heteroatoms. The molecule has 1 aromatic heterocycles. The van der Waals surface area contributed by atoms with Gasteiger partial charge in [-0.05, 0) is 30.9 Å². The van der Waals surface area contributed by atoms with E-state index in [0.717, 1.165) is 12.0 Å². The molecule has 1 saturated heterocycles. The van der Waals surface area contributed by atoms with Gasteiger partial charge in [0.25, 0.3) is 0 Å². The van der Waals surface area contributed by atoms with Crippen LogP contribution in [-0.2, 0) is 16.0 Å². The first-order valence-electron chi connectivity index (χ1n) is 5.72. The molecule has 1 amide bonds. The molecule has 1 fully saturated rings. The maximum absolute atomic E-state index is 11.9. The van der Waals surface area contributed by atoms with Crippen molar-refractivity contribution in [2.75, 3.05) is 6.54 Å². The predicted octanol–water partition coefficient (Wildman–Crippen LogP) is 1.29. The summed E-state index contributed by atoms with van der Waals surface area (Å²) in [4.78, 5) is 24.3. The molecule has 1 N–H and O–H groups in total. The normalized spacial score (nSPS) is 19.5. The molecule has 2 heterocycles. The van der Waals surface area contributed by atoms with Gasteiger partial charge in [-0.25, -0.2) is 4.79 Å². The van der Waals surface area contributed by atoms with E-state index in [4.69, 9.17) is 9.52 Å². The third-order valence-corrected chi connectivity index (χ3v) is 3.07. The van der Waals surface area contributed by atoms with Gasteiger partial charge >= 0.3 is 5.97 Å². The average molecular weight is 237 g/mol. The van der Waals surface area contributed by atoms with Crippen molar-refractivity contribution in [1.82, 2.24) is 4.90 Å². The maximum atomic E-state index is 11.9. The zero-order valence-corrected chi connectivity index (χ0v) is 9.46. The van der Waals surface area contributed by atoms with Crippen LogP contribution in [0.3, 0.4) is 0 Å². The summed E-state index contributed by atoms with van der Waals surface area (Å²) in [6.07, 6.45) is 5.43. The maximum Gasteiger partial charge on any atom is 0.326 e. The molecule has 0 unspecified atom stereocenters. The molecule has 0 spiro atoms. The van der Waals surface area contributed by atoms with Crippen LogP contribution in [0.1, 0.15) is 24.8 Å². The first kappa shape index (κ1) is 11.7. The predicted molar refractivity (Wildman–Crippen MR) is 59.4 cm³/mol. The second kappa shape index (κ2) is 5.03. The van der Waals surface area contributed by atoms with Crippen molar-refractivity contribution in [2.24, 2.45) is 0 Å². The Bertz CT molecular complexity index is 399. The summed E-state index contributed by atoms with van der Waals surface area (Å²) in [5.74, 6) is -0.990. The van der Waals surface area contributed by atoms with Crippen LogP contribution in [0, 0.1) is 0 Å². The van der Waals surface area contributed by atoms with E-state index in [0.29, 0.717) is 25.8 Å². The molecule has 0 aromatic carbocycles. The minimum Gasteiger partial charge on any atom is -0.480 e. The molecular weight excluding hydrogens is 222 g/mol. The lowest BCUT2D eigenvalue weighted by Crippen LogP contribution is -2.40. The van der Waals surface area contributed by atoms with Gasteiger partial charge in [0, 0.05) is 13.0 Å². The second-order valence-electron chi connectivity index (χ2n) is 4.21. The summed E-state index contributed by atoms with van der Waals surface area (Å²) in [6.45, 7) is 0.557. The van der Waals surface area contributed by atoms with Crippen LogP contribution in [0.4, 0.5) is 0 Å². The Morgan fingerprint density at radius 1 is 1.53 bits per heavy atom. The van der Waals surface area contributed by atoms with Gasteiger partial charge in [0.15, 0.2) is 0 Å². The summed E-state index contributed by atoms with van der Waals surface area (Å²) in [6, 6.07) is 1.18. The highest BCUT2D eigenvalue weighted by Crippen LogP contribution is 2.19. The number of likely N-dealkylation sites (tertiary alicyclic amines) is 1. The van der Waals surface area contributed by atoms with E-state index >= 15 is 0 Å². The highest BCUT2D eigenvalue weighted by molar-refractivity contribution is 5.84. The number of carbonyl (C=O) groups is 2. The number of aryl methyl sites for hydroxylation is 1. The molecule has 0 radical (unpaired) electrons. The van der Waals surface area contributed by atoms with E-state index in [2.05, 4.69) is 0 Å². The zero-order valence-electron chi connectivity index (χ0n) is 9.46. The lowest BCUT2D eigenvalue weighted by molar-refractivity contribution is -0.148. The van der Waals surface area contributed by atoms with Crippen LogP contribution in [0.5, 0.6) is 0 Å². The van der Waals surface area contributed by atoms with E-state index in [1.54, 1.807) is 12.5 Å². The van der Waals surface area contributed by atoms with E-state index < -0.39 is 12.0 Å². The Labute approximate surface area is 99.0 Å². The molecule has 1 aliphatic heterocycles. The highest BCUT2D eigenvalue weighted by atomic mass is 16.4. The van der Waals surface area contributed by atoms with E-state index in [1.807, 2.05) is 6.07 Å². The number of hydrogen-bond donors (Lipinski definition) is 1. The first-order valence-corrected chi connectivity index (χ1v) is 5.72. The average Bonchev–Trinajstić information content (AvgIpc) is 2.96. The quantitative estimate of drug-likeness (QED) is 0.856. The van der Waals surface area contributed by atoms with Crippen molar-refractivity contribution < 1.29 is 19.1 Å². The summed E-state index contributed by atoms with van der Waals surface area (Å²) in [5, 5.41) is 8.98. The smallest absolute Gasteiger partial charge is 0.326 e. The third kappa shape index (κ3) is 2.67. The molecule has 0 bridgehead atoms. The third-order valence-electron chi connectivity index (χ3n) is 3.07. The molecule has 1 aromatic rings. The summed E-state index contributed by atoms with van der Waals surface area (Å²) >= 11 is 0. The highest BCUT2D eigenvalue weighted by Gasteiger charge is 2.33. The van der Waals surface area contributed by atoms with Gasteiger partial charge in [-0.3, -0.25) is 4.79 Å². The Morgan fingerprint density at radius 3 is 3.00 bits per heavy atom. The second-order valence-corrected chi connectivity index (χ2v) is 4.21. The number of carbonyl (C=O) groups excluding carboxylic acids is 1. The number of carboxylic acids is 1. The number of nitrogens with zero attached hydrogens (tertiary/aromatic N) is 1. The molecule has 17 heavy (non-hydrogen) atoms. The molecule has 0 aliphatic carbocycles. The monoisotopic (exact) mass is 237 g/mol. The fourth-order valence-corrected chi connectivity index (χ4v) is 2.15. The van der Waals surface area contributed by atoms with Crippen molar-refractivity contribution in [3.05, 3.63) is 24.2 Å². The van der Waals surface area contributed by atoms with Gasteiger partial charge in [0.2, 0.25) is 5.91 Å². The number of amides is 1. The summed E-state index contributed by atoms with van der Waals surface area (Å²) in [5.41, 5.74) is 0.962. The minimum absolute atomic E-state index is 0.0869. The van der Waals surface area contributed by atoms with Gasteiger partial charge in [-0.1, -0.05) is 0 Å². The van der Waals surface area contributed by atoms with Crippen molar-refractivity contribution in [1.29, 1.82) is 0 Å². The zero-order chi connectivity index (χ0) is 12.3. The number of aliphatic carboxylic acids is 1. The van der Waals surface area contributed by atoms with Crippen molar-refractivity contribution >= 4 is 11.9 Å². The minimum atomic E-state index is -0.904. The molecule has 2 rings (SSSR count). The Kier molecular flexibility index (Phi) is 3.46. The van der Waals surface area contributed by atoms with Crippen molar-refractivity contribution in [2.45, 2.75) is 31.7 Å². The lowest BCUT2D eigenvalue weighted by Gasteiger charge is -2.21. The fraction of sp³-hybridized carbons (Fsp3) is 0.500. The van der Waals surface area contributed by atoms with Crippen LogP contribution in [0.15, 0.2) is 23.0 Å². The van der Waals surface area contributed by atoms with Crippen LogP contribution in [-0.4, -0.2) is 34.5 Å². The van der Waals surface area contributed by atoms with E-state index in [-0.39, 0.29) is 5.91 Å². The molecular formula is C12H15NO4. The molecule has 1 atom stereocenters. The number of furan rings is 1. The molecule has 0 saturated carbocycles. The molecule has 1 aliphatic rings. The van der Waals surface area contributed by atoms with Crippen LogP contribution in [0.25, 0.3) is 0 Å². The largest absolute Gasteiger partial charge is 0.480 e.